The van der Waals surface area contributed by atoms with Gasteiger partial charge in [0.15, 0.2) is 0 Å². The number of fused-ring (bicyclic) bond motifs is 7. The molecule has 10 aromatic carbocycles. The highest BCUT2D eigenvalue weighted by Crippen LogP contribution is 2.42. The van der Waals surface area contributed by atoms with E-state index in [-0.39, 0.29) is 0 Å². The molecular weight excluding hydrogens is 741 g/mol. The quantitative estimate of drug-likeness (QED) is 0.161. The fourth-order valence-electron chi connectivity index (χ4n) is 9.27. The van der Waals surface area contributed by atoms with Gasteiger partial charge >= 0.3 is 0 Å². The van der Waals surface area contributed by atoms with Crippen LogP contribution >= 0.6 is 0 Å². The van der Waals surface area contributed by atoms with Gasteiger partial charge in [0.2, 0.25) is 0 Å². The van der Waals surface area contributed by atoms with Gasteiger partial charge in [-0.3, -0.25) is 0 Å². The fourth-order valence-corrected chi connectivity index (χ4v) is 9.27. The summed E-state index contributed by atoms with van der Waals surface area (Å²) >= 11 is 0. The van der Waals surface area contributed by atoms with E-state index in [1.165, 1.54) is 49.3 Å². The molecule has 0 amide bonds. The molecule has 0 radical (unpaired) electrons. The molecule has 12 rings (SSSR count). The number of para-hydroxylation sites is 3. The van der Waals surface area contributed by atoms with Gasteiger partial charge in [-0.15, -0.1) is 0 Å². The van der Waals surface area contributed by atoms with Crippen molar-refractivity contribution in [2.45, 2.75) is 0 Å². The van der Waals surface area contributed by atoms with E-state index in [2.05, 4.69) is 228 Å². The normalized spacial score (nSPS) is 11.6. The van der Waals surface area contributed by atoms with Crippen molar-refractivity contribution in [3.63, 3.8) is 0 Å². The second kappa shape index (κ2) is 14.3. The zero-order valence-corrected chi connectivity index (χ0v) is 33.2. The number of aromatic nitrogens is 1. The molecule has 0 aliphatic carbocycles. The number of furan rings is 1. The van der Waals surface area contributed by atoms with Crippen LogP contribution in [0.15, 0.2) is 235 Å². The first kappa shape index (κ1) is 34.9. The lowest BCUT2D eigenvalue weighted by Crippen LogP contribution is -2.10. The number of nitrogens with zero attached hydrogens (tertiary/aromatic N) is 2. The summed E-state index contributed by atoms with van der Waals surface area (Å²) < 4.78 is 8.67. The molecule has 3 nitrogen and oxygen atoms in total. The lowest BCUT2D eigenvalue weighted by Gasteiger charge is -2.27. The fraction of sp³-hybridized carbons (Fsp3) is 0. The molecule has 0 saturated carbocycles. The maximum Gasteiger partial charge on any atom is 0.136 e. The van der Waals surface area contributed by atoms with Crippen molar-refractivity contribution in [2.75, 3.05) is 4.90 Å². The Morgan fingerprint density at radius 1 is 0.328 bits per heavy atom. The molecule has 2 heterocycles. The number of hydrogen-bond acceptors (Lipinski definition) is 2. The molecule has 0 saturated heterocycles. The molecule has 286 valence electrons. The van der Waals surface area contributed by atoms with Crippen LogP contribution in [0, 0.1) is 0 Å². The maximum atomic E-state index is 6.31. The highest BCUT2D eigenvalue weighted by atomic mass is 16.3. The maximum absolute atomic E-state index is 6.31. The van der Waals surface area contributed by atoms with Crippen LogP contribution in [0.5, 0.6) is 0 Å². The minimum atomic E-state index is 0.891. The molecule has 0 N–H and O–H groups in total. The molecule has 0 aliphatic heterocycles. The highest BCUT2D eigenvalue weighted by molar-refractivity contribution is 6.13. The molecule has 12 aromatic rings. The first-order valence-corrected chi connectivity index (χ1v) is 20.8. The third-order valence-corrected chi connectivity index (χ3v) is 12.2. The Bertz CT molecular complexity index is 3540. The summed E-state index contributed by atoms with van der Waals surface area (Å²) in [5, 5.41) is 7.26. The Balaban J connectivity index is 0.951. The minimum Gasteiger partial charge on any atom is -0.456 e. The van der Waals surface area contributed by atoms with Crippen molar-refractivity contribution in [1.29, 1.82) is 0 Å². The van der Waals surface area contributed by atoms with E-state index in [9.17, 15) is 0 Å². The van der Waals surface area contributed by atoms with Crippen molar-refractivity contribution in [3.05, 3.63) is 231 Å². The zero-order valence-electron chi connectivity index (χ0n) is 33.2. The average molecular weight is 779 g/mol. The Morgan fingerprint density at radius 2 is 0.869 bits per heavy atom. The predicted molar refractivity (Wildman–Crippen MR) is 257 cm³/mol. The van der Waals surface area contributed by atoms with E-state index in [0.717, 1.165) is 61.4 Å². The number of hydrogen-bond donors (Lipinski definition) is 0. The molecule has 2 aromatic heterocycles. The Labute approximate surface area is 353 Å². The van der Waals surface area contributed by atoms with E-state index in [4.69, 9.17) is 4.42 Å². The SMILES string of the molecule is c1cc(-c2ccc3ccccc3c2)cc(N(c2ccc(-c3ccc(-n4c5ccccc5c5ccccc54)cc3)cc2)c2cccc(-c3cccc4oc5ccccc5c34)c2)c1. The summed E-state index contributed by atoms with van der Waals surface area (Å²) in [6, 6.07) is 83.0. The second-order valence-electron chi connectivity index (χ2n) is 15.7. The van der Waals surface area contributed by atoms with Crippen LogP contribution in [-0.4, -0.2) is 4.57 Å². The van der Waals surface area contributed by atoms with Crippen molar-refractivity contribution >= 4 is 71.6 Å². The summed E-state index contributed by atoms with van der Waals surface area (Å²) in [5.74, 6) is 0. The van der Waals surface area contributed by atoms with Gasteiger partial charge in [-0.1, -0.05) is 152 Å². The molecule has 0 unspecified atom stereocenters. The van der Waals surface area contributed by atoms with Crippen LogP contribution < -0.4 is 4.90 Å². The first-order valence-electron chi connectivity index (χ1n) is 20.8. The number of anilines is 3. The van der Waals surface area contributed by atoms with E-state index in [0.29, 0.717) is 0 Å². The number of rotatable bonds is 7. The van der Waals surface area contributed by atoms with Gasteiger partial charge in [0, 0.05) is 44.3 Å². The summed E-state index contributed by atoms with van der Waals surface area (Å²) in [6.45, 7) is 0. The summed E-state index contributed by atoms with van der Waals surface area (Å²) in [6.07, 6.45) is 0. The molecular formula is C58H38N2O. The Hall–Kier alpha value is -8.14. The van der Waals surface area contributed by atoms with Crippen LogP contribution in [-0.2, 0) is 0 Å². The van der Waals surface area contributed by atoms with Gasteiger partial charge in [-0.05, 0) is 123 Å². The van der Waals surface area contributed by atoms with Crippen LogP contribution in [0.3, 0.4) is 0 Å². The van der Waals surface area contributed by atoms with Crippen molar-refractivity contribution in [2.24, 2.45) is 0 Å². The Kier molecular flexibility index (Phi) is 8.17. The van der Waals surface area contributed by atoms with Crippen molar-refractivity contribution in [1.82, 2.24) is 4.57 Å². The smallest absolute Gasteiger partial charge is 0.136 e. The third-order valence-electron chi connectivity index (χ3n) is 12.2. The lowest BCUT2D eigenvalue weighted by molar-refractivity contribution is 0.669. The monoisotopic (exact) mass is 778 g/mol. The first-order chi connectivity index (χ1) is 30.2. The van der Waals surface area contributed by atoms with Gasteiger partial charge in [0.05, 0.1) is 11.0 Å². The third kappa shape index (κ3) is 5.98. The predicted octanol–water partition coefficient (Wildman–Crippen LogP) is 16.3. The largest absolute Gasteiger partial charge is 0.456 e. The van der Waals surface area contributed by atoms with E-state index in [1.807, 2.05) is 12.1 Å². The summed E-state index contributed by atoms with van der Waals surface area (Å²) in [7, 11) is 0. The standard InChI is InChI=1S/C58H38N2O/c1-2-13-42-36-44(27-26-39(42)12-1)43-14-9-16-48(37-43)59(49-17-10-15-45(38-49)50-21-11-25-57-58(50)53-20-5-8-24-56(53)61-57)46-32-28-40(29-33-46)41-30-34-47(35-31-41)60-54-22-6-3-18-51(54)52-19-4-7-23-55(52)60/h1-38H. The number of benzene rings is 10. The summed E-state index contributed by atoms with van der Waals surface area (Å²) in [5.41, 5.74) is 15.5. The lowest BCUT2D eigenvalue weighted by atomic mass is 9.98. The molecule has 0 spiro atoms. The van der Waals surface area contributed by atoms with E-state index < -0.39 is 0 Å². The second-order valence-corrected chi connectivity index (χ2v) is 15.7. The van der Waals surface area contributed by atoms with E-state index in [1.54, 1.807) is 0 Å². The molecule has 0 fully saturated rings. The van der Waals surface area contributed by atoms with Crippen molar-refractivity contribution < 1.29 is 4.42 Å². The van der Waals surface area contributed by atoms with Gasteiger partial charge in [0.1, 0.15) is 11.2 Å². The molecule has 0 aliphatic rings. The zero-order chi connectivity index (χ0) is 40.3. The molecule has 0 bridgehead atoms. The van der Waals surface area contributed by atoms with Crippen LogP contribution in [0.4, 0.5) is 17.1 Å². The van der Waals surface area contributed by atoms with Gasteiger partial charge < -0.3 is 13.9 Å². The molecule has 61 heavy (non-hydrogen) atoms. The van der Waals surface area contributed by atoms with E-state index >= 15 is 0 Å². The van der Waals surface area contributed by atoms with Gasteiger partial charge in [-0.25, -0.2) is 0 Å². The van der Waals surface area contributed by atoms with Gasteiger partial charge in [0.25, 0.3) is 0 Å². The van der Waals surface area contributed by atoms with Crippen LogP contribution in [0.2, 0.25) is 0 Å². The minimum absolute atomic E-state index is 0.891. The average Bonchev–Trinajstić information content (AvgIpc) is 3.88. The Morgan fingerprint density at radius 3 is 1.61 bits per heavy atom. The highest BCUT2D eigenvalue weighted by Gasteiger charge is 2.18. The van der Waals surface area contributed by atoms with Gasteiger partial charge in [-0.2, -0.15) is 0 Å². The van der Waals surface area contributed by atoms with Crippen LogP contribution in [0.25, 0.3) is 93.6 Å². The topological polar surface area (TPSA) is 21.3 Å². The van der Waals surface area contributed by atoms with Crippen LogP contribution in [0.1, 0.15) is 0 Å². The molecule has 3 heteroatoms. The van der Waals surface area contributed by atoms with Crippen molar-refractivity contribution in [3.8, 4) is 39.1 Å². The molecule has 0 atom stereocenters. The summed E-state index contributed by atoms with van der Waals surface area (Å²) in [4.78, 5) is 2.37.